The Kier molecular flexibility index (Phi) is 5.70. The van der Waals surface area contributed by atoms with Gasteiger partial charge in [0, 0.05) is 18.8 Å². The van der Waals surface area contributed by atoms with Gasteiger partial charge in [0.05, 0.1) is 23.7 Å². The van der Waals surface area contributed by atoms with Crippen molar-refractivity contribution in [2.24, 2.45) is 0 Å². The molecule has 1 N–H and O–H groups in total. The number of sulfonamides is 1. The third-order valence-corrected chi connectivity index (χ3v) is 6.30. The lowest BCUT2D eigenvalue weighted by Crippen LogP contribution is -2.41. The second kappa shape index (κ2) is 7.99. The van der Waals surface area contributed by atoms with Crippen LogP contribution in [0.5, 0.6) is 0 Å². The van der Waals surface area contributed by atoms with Crippen LogP contribution >= 0.6 is 0 Å². The van der Waals surface area contributed by atoms with Gasteiger partial charge in [-0.1, -0.05) is 31.2 Å². The normalized spacial score (nSPS) is 15.6. The molecule has 1 amide bonds. The van der Waals surface area contributed by atoms with Crippen LogP contribution in [0.15, 0.2) is 53.4 Å². The molecule has 1 fully saturated rings. The van der Waals surface area contributed by atoms with Gasteiger partial charge < -0.3 is 10.1 Å². The first kappa shape index (κ1) is 18.6. The number of carbonyl (C=O) groups excluding carboxylic acids is 1. The Morgan fingerprint density at radius 1 is 1.08 bits per heavy atom. The van der Waals surface area contributed by atoms with Crippen LogP contribution in [0.25, 0.3) is 0 Å². The largest absolute Gasteiger partial charge is 0.379 e. The second-order valence-electron chi connectivity index (χ2n) is 6.02. The van der Waals surface area contributed by atoms with Gasteiger partial charge in [-0.3, -0.25) is 4.79 Å². The molecule has 0 unspecified atom stereocenters. The average Bonchev–Trinajstić information content (AvgIpc) is 2.69. The number of amides is 1. The number of hydrogen-bond acceptors (Lipinski definition) is 4. The highest BCUT2D eigenvalue weighted by atomic mass is 32.2. The number of hydrogen-bond donors (Lipinski definition) is 1. The van der Waals surface area contributed by atoms with E-state index < -0.39 is 15.9 Å². The van der Waals surface area contributed by atoms with E-state index in [4.69, 9.17) is 4.74 Å². The molecule has 0 bridgehead atoms. The number of benzene rings is 2. The first-order valence-electron chi connectivity index (χ1n) is 8.59. The maximum atomic E-state index is 12.9. The van der Waals surface area contributed by atoms with Crippen LogP contribution < -0.4 is 5.32 Å². The van der Waals surface area contributed by atoms with Gasteiger partial charge in [0.25, 0.3) is 5.91 Å². The zero-order chi connectivity index (χ0) is 18.6. The zero-order valence-electron chi connectivity index (χ0n) is 14.6. The zero-order valence-corrected chi connectivity index (χ0v) is 15.5. The van der Waals surface area contributed by atoms with Crippen molar-refractivity contribution in [1.82, 2.24) is 4.31 Å². The molecule has 26 heavy (non-hydrogen) atoms. The number of ether oxygens (including phenoxy) is 1. The van der Waals surface area contributed by atoms with Crippen molar-refractivity contribution in [1.29, 1.82) is 0 Å². The summed E-state index contributed by atoms with van der Waals surface area (Å²) in [5.74, 6) is -0.443. The molecule has 1 aliphatic heterocycles. The molecule has 0 aliphatic carbocycles. The van der Waals surface area contributed by atoms with Crippen molar-refractivity contribution in [2.45, 2.75) is 18.2 Å². The van der Waals surface area contributed by atoms with E-state index in [-0.39, 0.29) is 23.5 Å². The van der Waals surface area contributed by atoms with E-state index in [9.17, 15) is 13.2 Å². The lowest BCUT2D eigenvalue weighted by molar-refractivity contribution is 0.0730. The number of carbonyl (C=O) groups is 1. The van der Waals surface area contributed by atoms with Crippen molar-refractivity contribution in [3.63, 3.8) is 0 Å². The van der Waals surface area contributed by atoms with Gasteiger partial charge in [0.1, 0.15) is 0 Å². The molecule has 0 spiro atoms. The Hall–Kier alpha value is -2.22. The van der Waals surface area contributed by atoms with Crippen LogP contribution in [-0.4, -0.2) is 44.9 Å². The van der Waals surface area contributed by atoms with Crippen molar-refractivity contribution in [3.05, 3.63) is 59.7 Å². The van der Waals surface area contributed by atoms with Crippen molar-refractivity contribution < 1.29 is 17.9 Å². The monoisotopic (exact) mass is 374 g/mol. The lowest BCUT2D eigenvalue weighted by Gasteiger charge is -2.26. The summed E-state index contributed by atoms with van der Waals surface area (Å²) in [6, 6.07) is 13.8. The minimum atomic E-state index is -3.75. The summed E-state index contributed by atoms with van der Waals surface area (Å²) in [5, 5.41) is 2.78. The summed E-state index contributed by atoms with van der Waals surface area (Å²) >= 11 is 0. The van der Waals surface area contributed by atoms with Crippen LogP contribution in [0.2, 0.25) is 0 Å². The molecule has 0 aromatic heterocycles. The van der Waals surface area contributed by atoms with Crippen LogP contribution in [0.4, 0.5) is 5.69 Å². The Balaban J connectivity index is 1.87. The Morgan fingerprint density at radius 3 is 2.38 bits per heavy atom. The Morgan fingerprint density at radius 2 is 1.73 bits per heavy atom. The molecule has 7 heteroatoms. The molecule has 6 nitrogen and oxygen atoms in total. The summed E-state index contributed by atoms with van der Waals surface area (Å²) in [4.78, 5) is 12.7. The van der Waals surface area contributed by atoms with Crippen molar-refractivity contribution >= 4 is 21.6 Å². The number of morpholine rings is 1. The van der Waals surface area contributed by atoms with E-state index in [1.807, 2.05) is 24.3 Å². The van der Waals surface area contributed by atoms with E-state index >= 15 is 0 Å². The summed E-state index contributed by atoms with van der Waals surface area (Å²) in [7, 11) is -3.75. The standard InChI is InChI=1S/C19H22N2O4S/c1-2-15-7-9-16(10-8-15)20-19(22)17-5-3-4-6-18(17)26(23,24)21-11-13-25-14-12-21/h3-10H,2,11-14H2,1H3,(H,20,22). The van der Waals surface area contributed by atoms with Gasteiger partial charge in [-0.05, 0) is 36.2 Å². The predicted octanol–water partition coefficient (Wildman–Crippen LogP) is 2.52. The molecule has 0 saturated carbocycles. The highest BCUT2D eigenvalue weighted by Crippen LogP contribution is 2.22. The predicted molar refractivity (Wildman–Crippen MR) is 99.8 cm³/mol. The van der Waals surface area contributed by atoms with Crippen LogP contribution in [0.3, 0.4) is 0 Å². The summed E-state index contributed by atoms with van der Waals surface area (Å²) in [5.41, 5.74) is 1.93. The molecule has 3 rings (SSSR count). The van der Waals surface area contributed by atoms with Crippen LogP contribution in [0, 0.1) is 0 Å². The van der Waals surface area contributed by atoms with Gasteiger partial charge in [-0.15, -0.1) is 0 Å². The molecule has 2 aromatic rings. The van der Waals surface area contributed by atoms with Gasteiger partial charge in [0.15, 0.2) is 0 Å². The van der Waals surface area contributed by atoms with E-state index in [0.29, 0.717) is 18.9 Å². The minimum absolute atomic E-state index is 0.0181. The highest BCUT2D eigenvalue weighted by Gasteiger charge is 2.30. The summed E-state index contributed by atoms with van der Waals surface area (Å²) < 4.78 is 32.5. The van der Waals surface area contributed by atoms with Gasteiger partial charge in [-0.25, -0.2) is 8.42 Å². The molecule has 138 valence electrons. The maximum Gasteiger partial charge on any atom is 0.257 e. The van der Waals surface area contributed by atoms with Gasteiger partial charge in [-0.2, -0.15) is 4.31 Å². The molecular weight excluding hydrogens is 352 g/mol. The smallest absolute Gasteiger partial charge is 0.257 e. The fourth-order valence-corrected chi connectivity index (χ4v) is 4.42. The SMILES string of the molecule is CCc1ccc(NC(=O)c2ccccc2S(=O)(=O)N2CCOCC2)cc1. The lowest BCUT2D eigenvalue weighted by atomic mass is 10.1. The van der Waals surface area contributed by atoms with Gasteiger partial charge >= 0.3 is 0 Å². The summed E-state index contributed by atoms with van der Waals surface area (Å²) in [6.45, 7) is 3.35. The molecule has 1 heterocycles. The fourth-order valence-electron chi connectivity index (χ4n) is 2.83. The third-order valence-electron chi connectivity index (χ3n) is 4.34. The molecule has 1 aliphatic rings. The number of aryl methyl sites for hydroxylation is 1. The fraction of sp³-hybridized carbons (Fsp3) is 0.316. The summed E-state index contributed by atoms with van der Waals surface area (Å²) in [6.07, 6.45) is 0.912. The number of nitrogens with zero attached hydrogens (tertiary/aromatic N) is 1. The van der Waals surface area contributed by atoms with E-state index in [1.165, 1.54) is 22.0 Å². The highest BCUT2D eigenvalue weighted by molar-refractivity contribution is 7.89. The second-order valence-corrected chi connectivity index (χ2v) is 7.92. The first-order valence-corrected chi connectivity index (χ1v) is 10.0. The quantitative estimate of drug-likeness (QED) is 0.873. The molecular formula is C19H22N2O4S. The molecule has 1 saturated heterocycles. The Labute approximate surface area is 153 Å². The first-order chi connectivity index (χ1) is 12.5. The molecule has 0 atom stereocenters. The van der Waals surface area contributed by atoms with E-state index in [2.05, 4.69) is 12.2 Å². The number of nitrogens with one attached hydrogen (secondary N) is 1. The third kappa shape index (κ3) is 3.95. The van der Waals surface area contributed by atoms with E-state index in [0.717, 1.165) is 6.42 Å². The average molecular weight is 374 g/mol. The number of anilines is 1. The minimum Gasteiger partial charge on any atom is -0.379 e. The van der Waals surface area contributed by atoms with E-state index in [1.54, 1.807) is 12.1 Å². The molecule has 2 aromatic carbocycles. The maximum absolute atomic E-state index is 12.9. The van der Waals surface area contributed by atoms with Crippen LogP contribution in [0.1, 0.15) is 22.8 Å². The van der Waals surface area contributed by atoms with Crippen molar-refractivity contribution in [3.8, 4) is 0 Å². The van der Waals surface area contributed by atoms with Crippen LogP contribution in [-0.2, 0) is 21.2 Å². The van der Waals surface area contributed by atoms with Gasteiger partial charge in [0.2, 0.25) is 10.0 Å². The van der Waals surface area contributed by atoms with Crippen molar-refractivity contribution in [2.75, 3.05) is 31.6 Å². The number of rotatable bonds is 5. The molecule has 0 radical (unpaired) electrons. The topological polar surface area (TPSA) is 75.7 Å². The Bertz CT molecular complexity index is 873.